The van der Waals surface area contributed by atoms with Crippen molar-refractivity contribution in [2.45, 2.75) is 78.7 Å². The highest BCUT2D eigenvalue weighted by Crippen LogP contribution is 2.53. The van der Waals surface area contributed by atoms with E-state index in [1.807, 2.05) is 6.07 Å². The second kappa shape index (κ2) is 9.77. The van der Waals surface area contributed by atoms with Gasteiger partial charge in [0, 0.05) is 11.8 Å². The van der Waals surface area contributed by atoms with Crippen molar-refractivity contribution in [1.82, 2.24) is 0 Å². The molecule has 0 aromatic heterocycles. The summed E-state index contributed by atoms with van der Waals surface area (Å²) < 4.78 is 16.7. The lowest BCUT2D eigenvalue weighted by molar-refractivity contribution is -0.136. The first kappa shape index (κ1) is 24.8. The van der Waals surface area contributed by atoms with Crippen LogP contribution in [0.1, 0.15) is 87.6 Å². The molecule has 4 rings (SSSR count). The molecule has 1 N–H and O–H groups in total. The minimum Gasteiger partial charge on any atom is -0.481 e. The topological polar surface area (TPSA) is 40.5 Å². The van der Waals surface area contributed by atoms with Gasteiger partial charge in [-0.25, -0.2) is 4.39 Å². The van der Waals surface area contributed by atoms with Crippen LogP contribution in [0.3, 0.4) is 0 Å². The number of nitrogens with zero attached hydrogens (tertiary/aromatic N) is 1. The van der Waals surface area contributed by atoms with E-state index in [0.717, 1.165) is 77.6 Å². The van der Waals surface area contributed by atoms with Gasteiger partial charge < -0.3 is 9.41 Å². The molecule has 5 heteroatoms. The molecule has 182 valence electrons. The van der Waals surface area contributed by atoms with Crippen molar-refractivity contribution in [2.24, 2.45) is 5.41 Å². The Bertz CT molecular complexity index is 1140. The van der Waals surface area contributed by atoms with Gasteiger partial charge in [0.2, 0.25) is 0 Å². The Morgan fingerprint density at radius 2 is 2.00 bits per heavy atom. The van der Waals surface area contributed by atoms with Gasteiger partial charge in [0.25, 0.3) is 0 Å². The van der Waals surface area contributed by atoms with E-state index >= 15 is 0 Å². The smallest absolute Gasteiger partial charge is 0.307 e. The molecule has 2 aromatic rings. The molecule has 34 heavy (non-hydrogen) atoms. The van der Waals surface area contributed by atoms with E-state index in [9.17, 15) is 14.3 Å². The third-order valence-electron chi connectivity index (χ3n) is 7.52. The number of anilines is 1. The standard InChI is InChI=1S/C29H36FNO2S/c1-6-7-8-26-24-15-20(30)9-10-21(24)25-16-23(19-11-13-29(3,4)14-12-19)22(17-27(32)33)18(2)28(25)31(26)34-5/h9-11,15-16,26H,6-8,12-14,17H2,1-5H3,(H,32,33)/t26-/m0/s1. The highest BCUT2D eigenvalue weighted by Gasteiger charge is 2.35. The number of rotatable bonds is 7. The molecule has 0 fully saturated rings. The number of unbranched alkanes of at least 4 members (excludes halogenated alkanes) is 1. The molecule has 3 nitrogen and oxygen atoms in total. The van der Waals surface area contributed by atoms with Crippen molar-refractivity contribution in [3.05, 3.63) is 58.4 Å². The summed E-state index contributed by atoms with van der Waals surface area (Å²) >= 11 is 1.65. The molecular weight excluding hydrogens is 445 g/mol. The van der Waals surface area contributed by atoms with E-state index in [1.54, 1.807) is 24.1 Å². The minimum absolute atomic E-state index is 0.00724. The van der Waals surface area contributed by atoms with Crippen molar-refractivity contribution in [3.8, 4) is 11.1 Å². The molecule has 0 bridgehead atoms. The Balaban J connectivity index is 1.98. The van der Waals surface area contributed by atoms with Gasteiger partial charge in [-0.3, -0.25) is 4.79 Å². The summed E-state index contributed by atoms with van der Waals surface area (Å²) in [5.41, 5.74) is 8.80. The molecule has 1 atom stereocenters. The van der Waals surface area contributed by atoms with Gasteiger partial charge in [-0.15, -0.1) is 0 Å². The Kier molecular flexibility index (Phi) is 7.14. The van der Waals surface area contributed by atoms with Crippen LogP contribution >= 0.6 is 11.9 Å². The van der Waals surface area contributed by atoms with Gasteiger partial charge >= 0.3 is 5.97 Å². The van der Waals surface area contributed by atoms with Gasteiger partial charge in [0.1, 0.15) is 5.82 Å². The first-order valence-corrected chi connectivity index (χ1v) is 13.6. The summed E-state index contributed by atoms with van der Waals surface area (Å²) in [6.07, 6.45) is 10.4. The fraction of sp³-hybridized carbons (Fsp3) is 0.483. The van der Waals surface area contributed by atoms with Crippen molar-refractivity contribution in [2.75, 3.05) is 10.6 Å². The third-order valence-corrected chi connectivity index (χ3v) is 8.35. The number of halogens is 1. The summed E-state index contributed by atoms with van der Waals surface area (Å²) in [4.78, 5) is 11.9. The zero-order valence-corrected chi connectivity index (χ0v) is 21.8. The fourth-order valence-corrected chi connectivity index (χ4v) is 6.44. The Morgan fingerprint density at radius 3 is 2.62 bits per heavy atom. The molecule has 0 radical (unpaired) electrons. The number of benzene rings is 2. The zero-order valence-electron chi connectivity index (χ0n) is 21.0. The third kappa shape index (κ3) is 4.64. The van der Waals surface area contributed by atoms with E-state index in [4.69, 9.17) is 0 Å². The lowest BCUT2D eigenvalue weighted by atomic mass is 9.75. The molecule has 0 saturated carbocycles. The summed E-state index contributed by atoms with van der Waals surface area (Å²) in [7, 11) is 0. The Morgan fingerprint density at radius 1 is 1.24 bits per heavy atom. The number of hydrogen-bond acceptors (Lipinski definition) is 3. The van der Waals surface area contributed by atoms with E-state index in [1.165, 1.54) is 5.57 Å². The monoisotopic (exact) mass is 481 g/mol. The van der Waals surface area contributed by atoms with Crippen LogP contribution in [0.2, 0.25) is 0 Å². The number of fused-ring (bicyclic) bond motifs is 3. The van der Waals surface area contributed by atoms with E-state index in [0.29, 0.717) is 0 Å². The van der Waals surface area contributed by atoms with Crippen LogP contribution in [0.15, 0.2) is 30.3 Å². The first-order chi connectivity index (χ1) is 16.2. The molecule has 1 heterocycles. The average Bonchev–Trinajstić information content (AvgIpc) is 2.78. The van der Waals surface area contributed by atoms with E-state index in [-0.39, 0.29) is 23.7 Å². The predicted molar refractivity (Wildman–Crippen MR) is 142 cm³/mol. The average molecular weight is 482 g/mol. The van der Waals surface area contributed by atoms with Crippen LogP contribution in [-0.2, 0) is 11.2 Å². The molecular formula is C29H36FNO2S. The van der Waals surface area contributed by atoms with Gasteiger partial charge in [-0.1, -0.05) is 57.7 Å². The van der Waals surface area contributed by atoms with Gasteiger partial charge in [-0.05, 0) is 89.6 Å². The Hall–Kier alpha value is -2.27. The quantitative estimate of drug-likeness (QED) is 0.403. The maximum atomic E-state index is 14.4. The summed E-state index contributed by atoms with van der Waals surface area (Å²) in [6, 6.07) is 7.42. The van der Waals surface area contributed by atoms with Gasteiger partial charge in [-0.2, -0.15) is 0 Å². The van der Waals surface area contributed by atoms with Crippen LogP contribution < -0.4 is 4.31 Å². The molecule has 1 aliphatic carbocycles. The van der Waals surface area contributed by atoms with E-state index in [2.05, 4.69) is 50.4 Å². The zero-order chi connectivity index (χ0) is 24.6. The largest absolute Gasteiger partial charge is 0.481 e. The van der Waals surface area contributed by atoms with Crippen molar-refractivity contribution < 1.29 is 14.3 Å². The maximum absolute atomic E-state index is 14.4. The molecule has 0 amide bonds. The number of carboxylic acids is 1. The number of aliphatic carboxylic acids is 1. The van der Waals surface area contributed by atoms with Crippen LogP contribution in [0.4, 0.5) is 10.1 Å². The van der Waals surface area contributed by atoms with Crippen LogP contribution in [0, 0.1) is 18.2 Å². The fourth-order valence-electron chi connectivity index (χ4n) is 5.55. The highest BCUT2D eigenvalue weighted by molar-refractivity contribution is 8.00. The predicted octanol–water partition coefficient (Wildman–Crippen LogP) is 8.35. The lowest BCUT2D eigenvalue weighted by Crippen LogP contribution is -2.28. The second-order valence-electron chi connectivity index (χ2n) is 10.5. The normalized spacial score (nSPS) is 18.8. The lowest BCUT2D eigenvalue weighted by Gasteiger charge is -2.41. The number of hydrogen-bond donors (Lipinski definition) is 1. The molecule has 1 aliphatic heterocycles. The van der Waals surface area contributed by atoms with Crippen LogP contribution in [-0.4, -0.2) is 17.3 Å². The van der Waals surface area contributed by atoms with E-state index < -0.39 is 5.97 Å². The number of carboxylic acid groups (broad SMARTS) is 1. The summed E-state index contributed by atoms with van der Waals surface area (Å²) in [5.74, 6) is -1.01. The van der Waals surface area contributed by atoms with Crippen LogP contribution in [0.5, 0.6) is 0 Å². The number of carbonyl (C=O) groups is 1. The number of allylic oxidation sites excluding steroid dienone is 2. The van der Waals surface area contributed by atoms with Gasteiger partial charge in [0.15, 0.2) is 0 Å². The van der Waals surface area contributed by atoms with Crippen molar-refractivity contribution >= 4 is 29.2 Å². The molecule has 0 spiro atoms. The molecule has 2 aliphatic rings. The minimum atomic E-state index is -0.808. The molecule has 0 saturated heterocycles. The highest BCUT2D eigenvalue weighted by atomic mass is 32.2. The molecule has 0 unspecified atom stereocenters. The SMILES string of the molecule is CCCC[C@H]1c2cc(F)ccc2-c2cc(C3=CCC(C)(C)CC3)c(CC(=O)O)c(C)c2N1SC. The Labute approximate surface area is 207 Å². The summed E-state index contributed by atoms with van der Waals surface area (Å²) in [6.45, 7) is 8.82. The van der Waals surface area contributed by atoms with Crippen molar-refractivity contribution in [1.29, 1.82) is 0 Å². The van der Waals surface area contributed by atoms with Crippen LogP contribution in [0.25, 0.3) is 16.7 Å². The van der Waals surface area contributed by atoms with Crippen molar-refractivity contribution in [3.63, 3.8) is 0 Å². The maximum Gasteiger partial charge on any atom is 0.307 e. The van der Waals surface area contributed by atoms with Gasteiger partial charge in [0.05, 0.1) is 18.2 Å². The first-order valence-electron chi connectivity index (χ1n) is 12.4. The summed E-state index contributed by atoms with van der Waals surface area (Å²) in [5, 5.41) is 9.80. The molecule has 2 aromatic carbocycles. The second-order valence-corrected chi connectivity index (χ2v) is 11.2.